The van der Waals surface area contributed by atoms with Crippen LogP contribution in [0.5, 0.6) is 0 Å². The average Bonchev–Trinajstić information content (AvgIpc) is 2.84. The summed E-state index contributed by atoms with van der Waals surface area (Å²) < 4.78 is 8.17. The Morgan fingerprint density at radius 1 is 1.47 bits per heavy atom. The van der Waals surface area contributed by atoms with Crippen molar-refractivity contribution in [3.8, 4) is 0 Å². The van der Waals surface area contributed by atoms with Crippen molar-refractivity contribution in [2.75, 3.05) is 0 Å². The predicted molar refractivity (Wildman–Crippen MR) is 67.4 cm³/mol. The molecule has 2 aromatic rings. The van der Waals surface area contributed by atoms with Gasteiger partial charge in [0.15, 0.2) is 0 Å². The fraction of sp³-hybridized carbons (Fsp3) is 0.444. The molecule has 8 heteroatoms. The summed E-state index contributed by atoms with van der Waals surface area (Å²) in [5.41, 5.74) is 7.45. The van der Waals surface area contributed by atoms with Crippen LogP contribution in [0.4, 0.5) is 0 Å². The van der Waals surface area contributed by atoms with Crippen molar-refractivity contribution in [3.63, 3.8) is 0 Å². The Morgan fingerprint density at radius 3 is 2.76 bits per heavy atom. The van der Waals surface area contributed by atoms with E-state index < -0.39 is 0 Å². The zero-order chi connectivity index (χ0) is 12.4. The normalized spacial score (nSPS) is 11.1. The van der Waals surface area contributed by atoms with Crippen molar-refractivity contribution in [3.05, 3.63) is 21.8 Å². The second-order valence-corrected chi connectivity index (χ2v) is 5.14. The molecule has 2 N–H and O–H groups in total. The van der Waals surface area contributed by atoms with E-state index in [1.54, 1.807) is 0 Å². The van der Waals surface area contributed by atoms with Crippen LogP contribution in [0.2, 0.25) is 0 Å². The first kappa shape index (κ1) is 12.6. The summed E-state index contributed by atoms with van der Waals surface area (Å²) in [6.45, 7) is 2.22. The molecule has 0 atom stereocenters. The number of nitrogens with zero attached hydrogens (tertiary/aromatic N) is 4. The summed E-state index contributed by atoms with van der Waals surface area (Å²) in [4.78, 5) is 0. The zero-order valence-corrected chi connectivity index (χ0v) is 11.9. The van der Waals surface area contributed by atoms with Crippen molar-refractivity contribution >= 4 is 27.7 Å². The third-order valence-electron chi connectivity index (χ3n) is 2.22. The van der Waals surface area contributed by atoms with Crippen LogP contribution in [0.25, 0.3) is 0 Å². The van der Waals surface area contributed by atoms with Gasteiger partial charge in [0.2, 0.25) is 5.89 Å². The highest BCUT2D eigenvalue weighted by atomic mass is 79.9. The lowest BCUT2D eigenvalue weighted by Crippen LogP contribution is -1.96. The van der Waals surface area contributed by atoms with Crippen molar-refractivity contribution < 1.29 is 4.42 Å². The molecule has 92 valence electrons. The van der Waals surface area contributed by atoms with Gasteiger partial charge in [0, 0.05) is 12.8 Å². The van der Waals surface area contributed by atoms with E-state index in [2.05, 4.69) is 31.2 Å². The molecule has 0 saturated heterocycles. The quantitative estimate of drug-likeness (QED) is 0.863. The number of rotatable bonds is 4. The number of aryl methyl sites for hydroxylation is 2. The van der Waals surface area contributed by atoms with Gasteiger partial charge in [0.05, 0.1) is 22.4 Å². The van der Waals surface area contributed by atoms with E-state index >= 15 is 0 Å². The first-order valence-corrected chi connectivity index (χ1v) is 6.73. The minimum absolute atomic E-state index is 0.266. The maximum Gasteiger partial charge on any atom is 0.277 e. The SMILES string of the molecule is Cc1nn(C)c(CSc2nnc(CN)o2)c1Br. The predicted octanol–water partition coefficient (Wildman–Crippen LogP) is 1.63. The molecule has 0 radical (unpaired) electrons. The summed E-state index contributed by atoms with van der Waals surface area (Å²) in [5, 5.41) is 12.5. The van der Waals surface area contributed by atoms with Gasteiger partial charge in [-0.15, -0.1) is 10.2 Å². The van der Waals surface area contributed by atoms with Crippen molar-refractivity contribution in [2.45, 2.75) is 24.4 Å². The van der Waals surface area contributed by atoms with Crippen LogP contribution in [0.15, 0.2) is 14.1 Å². The van der Waals surface area contributed by atoms with Crippen LogP contribution in [0.1, 0.15) is 17.3 Å². The fourth-order valence-corrected chi connectivity index (χ4v) is 2.85. The summed E-state index contributed by atoms with van der Waals surface area (Å²) in [6, 6.07) is 0. The van der Waals surface area contributed by atoms with E-state index in [1.807, 2.05) is 18.7 Å². The molecule has 0 aromatic carbocycles. The Kier molecular flexibility index (Phi) is 3.85. The molecule has 0 bridgehead atoms. The Labute approximate surface area is 111 Å². The topological polar surface area (TPSA) is 82.8 Å². The second kappa shape index (κ2) is 5.19. The molecule has 2 rings (SSSR count). The molecule has 0 saturated carbocycles. The Bertz CT molecular complexity index is 523. The molecule has 0 fully saturated rings. The van der Waals surface area contributed by atoms with Gasteiger partial charge in [-0.2, -0.15) is 5.10 Å². The molecule has 6 nitrogen and oxygen atoms in total. The molecular formula is C9H12BrN5OS. The smallest absolute Gasteiger partial charge is 0.277 e. The van der Waals surface area contributed by atoms with E-state index in [9.17, 15) is 0 Å². The van der Waals surface area contributed by atoms with E-state index in [0.29, 0.717) is 16.9 Å². The summed E-state index contributed by atoms with van der Waals surface area (Å²) in [5.74, 6) is 1.16. The fourth-order valence-electron chi connectivity index (χ4n) is 1.35. The van der Waals surface area contributed by atoms with Gasteiger partial charge in [-0.1, -0.05) is 11.8 Å². The van der Waals surface area contributed by atoms with Crippen LogP contribution in [-0.2, 0) is 19.3 Å². The van der Waals surface area contributed by atoms with Crippen LogP contribution >= 0.6 is 27.7 Å². The third-order valence-corrected chi connectivity index (χ3v) is 4.08. The molecule has 0 aliphatic rings. The molecule has 0 spiro atoms. The summed E-state index contributed by atoms with van der Waals surface area (Å²) in [7, 11) is 1.91. The van der Waals surface area contributed by atoms with E-state index in [-0.39, 0.29) is 6.54 Å². The highest BCUT2D eigenvalue weighted by molar-refractivity contribution is 9.10. The van der Waals surface area contributed by atoms with E-state index in [0.717, 1.165) is 15.9 Å². The maximum atomic E-state index is 5.39. The van der Waals surface area contributed by atoms with Gasteiger partial charge >= 0.3 is 0 Å². The zero-order valence-electron chi connectivity index (χ0n) is 9.47. The van der Waals surface area contributed by atoms with Crippen molar-refractivity contribution in [1.29, 1.82) is 0 Å². The van der Waals surface area contributed by atoms with Gasteiger partial charge in [0.1, 0.15) is 0 Å². The molecule has 2 heterocycles. The number of hydrogen-bond donors (Lipinski definition) is 1. The lowest BCUT2D eigenvalue weighted by molar-refractivity contribution is 0.414. The van der Waals surface area contributed by atoms with Gasteiger partial charge in [-0.05, 0) is 22.9 Å². The minimum Gasteiger partial charge on any atom is -0.415 e. The highest BCUT2D eigenvalue weighted by Gasteiger charge is 2.13. The minimum atomic E-state index is 0.266. The summed E-state index contributed by atoms with van der Waals surface area (Å²) in [6.07, 6.45) is 0. The largest absolute Gasteiger partial charge is 0.415 e. The standard InChI is InChI=1S/C9H12BrN5OS/c1-5-8(10)6(15(2)14-5)4-17-9-13-12-7(3-11)16-9/h3-4,11H2,1-2H3. The Morgan fingerprint density at radius 2 is 2.24 bits per heavy atom. The molecular weight excluding hydrogens is 306 g/mol. The maximum absolute atomic E-state index is 5.39. The van der Waals surface area contributed by atoms with Crippen LogP contribution in [-0.4, -0.2) is 20.0 Å². The van der Waals surface area contributed by atoms with E-state index in [4.69, 9.17) is 10.2 Å². The lowest BCUT2D eigenvalue weighted by Gasteiger charge is -1.99. The number of halogens is 1. The molecule has 2 aromatic heterocycles. The monoisotopic (exact) mass is 317 g/mol. The van der Waals surface area contributed by atoms with Crippen LogP contribution < -0.4 is 5.73 Å². The van der Waals surface area contributed by atoms with Crippen LogP contribution in [0, 0.1) is 6.92 Å². The third kappa shape index (κ3) is 2.70. The number of thioether (sulfide) groups is 1. The van der Waals surface area contributed by atoms with E-state index in [1.165, 1.54) is 11.8 Å². The summed E-state index contributed by atoms with van der Waals surface area (Å²) >= 11 is 4.97. The Hall–Kier alpha value is -0.860. The van der Waals surface area contributed by atoms with Crippen molar-refractivity contribution in [2.24, 2.45) is 12.8 Å². The van der Waals surface area contributed by atoms with Crippen molar-refractivity contribution in [1.82, 2.24) is 20.0 Å². The number of hydrogen-bond acceptors (Lipinski definition) is 6. The first-order valence-electron chi connectivity index (χ1n) is 4.95. The van der Waals surface area contributed by atoms with Gasteiger partial charge in [0.25, 0.3) is 5.22 Å². The molecule has 17 heavy (non-hydrogen) atoms. The average molecular weight is 318 g/mol. The molecule has 0 aliphatic heterocycles. The number of nitrogens with two attached hydrogens (primary N) is 1. The lowest BCUT2D eigenvalue weighted by atomic mass is 10.4. The Balaban J connectivity index is 2.07. The van der Waals surface area contributed by atoms with Crippen LogP contribution in [0.3, 0.4) is 0 Å². The van der Waals surface area contributed by atoms with Gasteiger partial charge in [-0.3, -0.25) is 4.68 Å². The van der Waals surface area contributed by atoms with Gasteiger partial charge in [-0.25, -0.2) is 0 Å². The van der Waals surface area contributed by atoms with Gasteiger partial charge < -0.3 is 10.2 Å². The number of aromatic nitrogens is 4. The second-order valence-electron chi connectivity index (χ2n) is 3.42. The highest BCUT2D eigenvalue weighted by Crippen LogP contribution is 2.27. The molecule has 0 aliphatic carbocycles. The molecule has 0 unspecified atom stereocenters. The first-order chi connectivity index (χ1) is 8.11. The molecule has 0 amide bonds.